The van der Waals surface area contributed by atoms with Crippen LogP contribution in [0.3, 0.4) is 0 Å². The Morgan fingerprint density at radius 2 is 2.04 bits per heavy atom. The van der Waals surface area contributed by atoms with Crippen LogP contribution in [-0.2, 0) is 20.8 Å². The van der Waals surface area contributed by atoms with E-state index in [1.165, 1.54) is 0 Å². The summed E-state index contributed by atoms with van der Waals surface area (Å²) in [4.78, 5) is 14.8. The molecule has 1 heterocycles. The average Bonchev–Trinajstić information content (AvgIpc) is 2.61. The summed E-state index contributed by atoms with van der Waals surface area (Å²) in [6, 6.07) is 10.1. The second-order valence-electron chi connectivity index (χ2n) is 5.89. The van der Waals surface area contributed by atoms with Gasteiger partial charge in [-0.2, -0.15) is 0 Å². The number of methoxy groups -OCH3 is 1. The topological polar surface area (TPSA) is 50.8 Å². The van der Waals surface area contributed by atoms with Crippen molar-refractivity contribution in [3.8, 4) is 0 Å². The Morgan fingerprint density at radius 3 is 2.71 bits per heavy atom. The highest BCUT2D eigenvalue weighted by Gasteiger charge is 2.25. The summed E-state index contributed by atoms with van der Waals surface area (Å²) in [6.45, 7) is 4.76. The fourth-order valence-corrected chi connectivity index (χ4v) is 2.81. The van der Waals surface area contributed by atoms with Crippen molar-refractivity contribution in [2.24, 2.45) is 5.92 Å². The molecular weight excluding hydrogens is 328 g/mol. The molecule has 1 aromatic carbocycles. The number of amides is 1. The maximum Gasteiger partial charge on any atom is 0.227 e. The summed E-state index contributed by atoms with van der Waals surface area (Å²) in [7, 11) is 1.66. The summed E-state index contributed by atoms with van der Waals surface area (Å²) in [5.74, 6) is 0.322. The minimum absolute atomic E-state index is 0. The summed E-state index contributed by atoms with van der Waals surface area (Å²) in [6.07, 6.45) is 2.04. The molecule has 0 saturated carbocycles. The van der Waals surface area contributed by atoms with E-state index in [0.717, 1.165) is 31.5 Å². The van der Waals surface area contributed by atoms with Gasteiger partial charge in [-0.05, 0) is 24.9 Å². The van der Waals surface area contributed by atoms with Gasteiger partial charge in [0.15, 0.2) is 0 Å². The lowest BCUT2D eigenvalue weighted by molar-refractivity contribution is -0.137. The van der Waals surface area contributed by atoms with E-state index in [1.807, 2.05) is 23.1 Å². The largest absolute Gasteiger partial charge is 0.382 e. The lowest BCUT2D eigenvalue weighted by Crippen LogP contribution is -2.44. The molecular formula is C18H29ClN2O3. The van der Waals surface area contributed by atoms with E-state index in [-0.39, 0.29) is 24.2 Å². The van der Waals surface area contributed by atoms with Crippen LogP contribution in [0.15, 0.2) is 30.3 Å². The van der Waals surface area contributed by atoms with Gasteiger partial charge in [0, 0.05) is 26.7 Å². The highest BCUT2D eigenvalue weighted by atomic mass is 35.5. The second-order valence-corrected chi connectivity index (χ2v) is 5.89. The Labute approximate surface area is 151 Å². The van der Waals surface area contributed by atoms with Crippen LogP contribution in [0.2, 0.25) is 0 Å². The maximum absolute atomic E-state index is 12.8. The van der Waals surface area contributed by atoms with Crippen LogP contribution in [0.5, 0.6) is 0 Å². The van der Waals surface area contributed by atoms with E-state index >= 15 is 0 Å². The predicted molar refractivity (Wildman–Crippen MR) is 97.4 cm³/mol. The number of halogens is 1. The number of piperidine rings is 1. The summed E-state index contributed by atoms with van der Waals surface area (Å²) >= 11 is 0. The number of hydrogen-bond acceptors (Lipinski definition) is 4. The highest BCUT2D eigenvalue weighted by Crippen LogP contribution is 2.15. The van der Waals surface area contributed by atoms with Crippen molar-refractivity contribution in [1.29, 1.82) is 0 Å². The van der Waals surface area contributed by atoms with Gasteiger partial charge in [-0.15, -0.1) is 12.4 Å². The molecule has 1 aromatic rings. The minimum Gasteiger partial charge on any atom is -0.382 e. The van der Waals surface area contributed by atoms with Gasteiger partial charge in [-0.25, -0.2) is 0 Å². The molecule has 1 saturated heterocycles. The zero-order valence-corrected chi connectivity index (χ0v) is 15.2. The fraction of sp³-hybridized carbons (Fsp3) is 0.611. The number of carbonyl (C=O) groups is 1. The monoisotopic (exact) mass is 356 g/mol. The number of benzene rings is 1. The third-order valence-corrected chi connectivity index (χ3v) is 4.11. The molecule has 1 unspecified atom stereocenters. The molecule has 0 bridgehead atoms. The molecule has 5 nitrogen and oxygen atoms in total. The fourth-order valence-electron chi connectivity index (χ4n) is 2.81. The highest BCUT2D eigenvalue weighted by molar-refractivity contribution is 5.85. The van der Waals surface area contributed by atoms with Crippen LogP contribution in [0, 0.1) is 5.92 Å². The lowest BCUT2D eigenvalue weighted by Gasteiger charge is -2.30. The van der Waals surface area contributed by atoms with Gasteiger partial charge in [-0.1, -0.05) is 30.3 Å². The molecule has 0 aromatic heterocycles. The Hall–Kier alpha value is -1.14. The first kappa shape index (κ1) is 20.9. The quantitative estimate of drug-likeness (QED) is 0.688. The van der Waals surface area contributed by atoms with Gasteiger partial charge in [0.25, 0.3) is 0 Å². The van der Waals surface area contributed by atoms with Crippen LogP contribution in [0.25, 0.3) is 0 Å². The molecule has 1 N–H and O–H groups in total. The third kappa shape index (κ3) is 7.18. The zero-order valence-electron chi connectivity index (χ0n) is 14.4. The van der Waals surface area contributed by atoms with Crippen molar-refractivity contribution < 1.29 is 14.3 Å². The lowest BCUT2D eigenvalue weighted by atomic mass is 9.98. The molecule has 1 aliphatic rings. The summed E-state index contributed by atoms with van der Waals surface area (Å²) in [5.41, 5.74) is 1.15. The Kier molecular flexibility index (Phi) is 10.7. The van der Waals surface area contributed by atoms with Crippen LogP contribution in [0.4, 0.5) is 0 Å². The molecule has 0 radical (unpaired) electrons. The van der Waals surface area contributed by atoms with Gasteiger partial charge in [0.2, 0.25) is 5.91 Å². The molecule has 24 heavy (non-hydrogen) atoms. The Morgan fingerprint density at radius 1 is 1.25 bits per heavy atom. The van der Waals surface area contributed by atoms with Gasteiger partial charge < -0.3 is 19.7 Å². The zero-order chi connectivity index (χ0) is 16.3. The van der Waals surface area contributed by atoms with Crippen LogP contribution >= 0.6 is 12.4 Å². The minimum atomic E-state index is 0. The molecule has 0 spiro atoms. The smallest absolute Gasteiger partial charge is 0.227 e. The van der Waals surface area contributed by atoms with E-state index in [4.69, 9.17) is 9.47 Å². The maximum atomic E-state index is 12.8. The van der Waals surface area contributed by atoms with Gasteiger partial charge in [0.1, 0.15) is 0 Å². The molecule has 2 rings (SSSR count). The number of nitrogens with one attached hydrogen (secondary N) is 1. The number of carbonyl (C=O) groups excluding carboxylic acids is 1. The molecule has 1 fully saturated rings. The van der Waals surface area contributed by atoms with E-state index < -0.39 is 0 Å². The number of hydrogen-bond donors (Lipinski definition) is 1. The molecule has 6 heteroatoms. The molecule has 1 aliphatic heterocycles. The molecule has 136 valence electrons. The molecule has 1 amide bonds. The normalized spacial score (nSPS) is 17.1. The second kappa shape index (κ2) is 12.3. The molecule has 0 aliphatic carbocycles. The van der Waals surface area contributed by atoms with Gasteiger partial charge in [0.05, 0.1) is 25.7 Å². The van der Waals surface area contributed by atoms with Crippen molar-refractivity contribution >= 4 is 18.3 Å². The number of nitrogens with zero attached hydrogens (tertiary/aromatic N) is 1. The van der Waals surface area contributed by atoms with Gasteiger partial charge >= 0.3 is 0 Å². The number of ether oxygens (including phenoxy) is 2. The summed E-state index contributed by atoms with van der Waals surface area (Å²) in [5, 5.41) is 3.32. The van der Waals surface area contributed by atoms with Crippen molar-refractivity contribution in [2.75, 3.05) is 46.6 Å². The average molecular weight is 357 g/mol. The van der Waals surface area contributed by atoms with Crippen molar-refractivity contribution in [2.45, 2.75) is 19.4 Å². The van der Waals surface area contributed by atoms with E-state index in [1.54, 1.807) is 7.11 Å². The van der Waals surface area contributed by atoms with Crippen molar-refractivity contribution in [1.82, 2.24) is 10.2 Å². The third-order valence-electron chi connectivity index (χ3n) is 4.11. The van der Waals surface area contributed by atoms with Crippen LogP contribution in [0.1, 0.15) is 18.4 Å². The van der Waals surface area contributed by atoms with Gasteiger partial charge in [-0.3, -0.25) is 4.79 Å². The first-order chi connectivity index (χ1) is 11.3. The summed E-state index contributed by atoms with van der Waals surface area (Å²) < 4.78 is 10.5. The Balaban J connectivity index is 0.00000288. The van der Waals surface area contributed by atoms with E-state index in [0.29, 0.717) is 32.9 Å². The first-order valence-corrected chi connectivity index (χ1v) is 8.41. The first-order valence-electron chi connectivity index (χ1n) is 8.41. The molecule has 1 atom stereocenters. The van der Waals surface area contributed by atoms with E-state index in [9.17, 15) is 4.79 Å². The standard InChI is InChI=1S/C18H28N2O3.ClH/c1-22-12-13-23-11-10-20(15-16-6-3-2-4-7-16)18(21)17-8-5-9-19-14-17;/h2-4,6-7,17,19H,5,8-15H2,1H3;1H. The van der Waals surface area contributed by atoms with Crippen molar-refractivity contribution in [3.05, 3.63) is 35.9 Å². The van der Waals surface area contributed by atoms with Crippen LogP contribution < -0.4 is 5.32 Å². The number of rotatable bonds is 9. The van der Waals surface area contributed by atoms with Crippen LogP contribution in [-0.4, -0.2) is 57.4 Å². The predicted octanol–water partition coefficient (Wildman–Crippen LogP) is 2.10. The SMILES string of the molecule is COCCOCCN(Cc1ccccc1)C(=O)C1CCCNC1.Cl. The van der Waals surface area contributed by atoms with E-state index in [2.05, 4.69) is 17.4 Å². The van der Waals surface area contributed by atoms with Crippen molar-refractivity contribution in [3.63, 3.8) is 0 Å². The Bertz CT molecular complexity index is 453.